The molecule has 2 aromatic heterocycles. The molecule has 0 bridgehead atoms. The van der Waals surface area contributed by atoms with Crippen LogP contribution in [0, 0.1) is 50.4 Å². The van der Waals surface area contributed by atoms with Crippen molar-refractivity contribution in [2.24, 2.45) is 0 Å². The Morgan fingerprint density at radius 3 is 1.72 bits per heavy atom. The van der Waals surface area contributed by atoms with Crippen molar-refractivity contribution in [3.05, 3.63) is 59.2 Å². The van der Waals surface area contributed by atoms with Gasteiger partial charge in [-0.1, -0.05) is 34.8 Å². The average molecular weight is 537 g/mol. The van der Waals surface area contributed by atoms with E-state index < -0.39 is 5.20 Å². The fourth-order valence-electron chi connectivity index (χ4n) is 1.90. The van der Waals surface area contributed by atoms with Gasteiger partial charge in [-0.2, -0.15) is 10.5 Å². The highest BCUT2D eigenvalue weighted by Gasteiger charge is 2.11. The Kier molecular flexibility index (Phi) is 11.6. The Balaban J connectivity index is 0.000000442. The van der Waals surface area contributed by atoms with Gasteiger partial charge in [0.1, 0.15) is 22.9 Å². The van der Waals surface area contributed by atoms with Crippen LogP contribution in [-0.2, 0) is 4.57 Å². The summed E-state index contributed by atoms with van der Waals surface area (Å²) in [5, 5.41) is 15.2. The van der Waals surface area contributed by atoms with E-state index in [1.54, 1.807) is 33.8 Å². The highest BCUT2D eigenvalue weighted by atomic mass is 36.0. The minimum Gasteiger partial charge on any atom is -0.324 e. The molecule has 0 aliphatic carbocycles. The number of hydrogen-bond donors (Lipinski definition) is 1. The molecule has 0 radical (unpaired) electrons. The Morgan fingerprint density at radius 2 is 1.31 bits per heavy atom. The number of nitrogens with one attached hydrogen (secondary N) is 1. The monoisotopic (exact) mass is 534 g/mol. The number of H-pyrrole nitrogens is 1. The molecule has 0 aromatic carbocycles. The Hall–Kier alpha value is -0.950. The molecule has 1 N–H and O–H groups in total. The minimum absolute atomic E-state index is 0.0885. The van der Waals surface area contributed by atoms with E-state index in [9.17, 15) is 9.36 Å². The molecular formula is C16H13Cl6N4O2P. The molecule has 0 aliphatic rings. The molecule has 0 saturated heterocycles. The SMILES string of the molecule is Cc1[nH]c(=O)c(C#N)c(C)c1Cl.Cc1nc(Cl)c(C#N)c(C)c1Cl.O=P(Cl)(Cl)Cl. The zero-order valence-corrected chi connectivity index (χ0v) is 20.8. The lowest BCUT2D eigenvalue weighted by atomic mass is 10.1. The molecular weight excluding hydrogens is 524 g/mol. The van der Waals surface area contributed by atoms with Crippen LogP contribution in [0.5, 0.6) is 0 Å². The van der Waals surface area contributed by atoms with Crippen LogP contribution in [-0.4, -0.2) is 9.97 Å². The topological polar surface area (TPSA) is 110 Å². The number of aryl methyl sites for hydroxylation is 2. The number of pyridine rings is 2. The van der Waals surface area contributed by atoms with E-state index in [1.165, 1.54) is 0 Å². The maximum absolute atomic E-state index is 11.1. The third kappa shape index (κ3) is 9.16. The fraction of sp³-hybridized carbons (Fsp3) is 0.250. The van der Waals surface area contributed by atoms with E-state index in [1.807, 2.05) is 6.07 Å². The standard InChI is InChI=1S/C8H6Cl2N2.C8H7ClN2O.Cl3OP/c1-4-6(3-11)8(10)12-5(2)7(4)9;1-4-6(3-10)8(12)11-5(2)7(4)9;1-5(2,3)4/h1-2H3;1-2H3,(H,11,12);. The van der Waals surface area contributed by atoms with Crippen molar-refractivity contribution < 1.29 is 4.57 Å². The van der Waals surface area contributed by atoms with Crippen LogP contribution in [0.4, 0.5) is 0 Å². The maximum Gasteiger partial charge on any atom is 0.339 e. The van der Waals surface area contributed by atoms with Crippen molar-refractivity contribution in [3.63, 3.8) is 0 Å². The number of rotatable bonds is 0. The van der Waals surface area contributed by atoms with E-state index in [0.717, 1.165) is 0 Å². The molecule has 0 amide bonds. The molecule has 0 spiro atoms. The van der Waals surface area contributed by atoms with Crippen LogP contribution < -0.4 is 5.56 Å². The lowest BCUT2D eigenvalue weighted by molar-refractivity contribution is 0.600. The normalized spacial score (nSPS) is 9.93. The molecule has 2 heterocycles. The number of nitrogens with zero attached hydrogens (tertiary/aromatic N) is 3. The molecule has 2 aromatic rings. The molecule has 6 nitrogen and oxygen atoms in total. The van der Waals surface area contributed by atoms with E-state index in [4.69, 9.17) is 45.3 Å². The van der Waals surface area contributed by atoms with Gasteiger partial charge >= 0.3 is 5.20 Å². The van der Waals surface area contributed by atoms with Crippen molar-refractivity contribution in [2.45, 2.75) is 27.7 Å². The largest absolute Gasteiger partial charge is 0.339 e. The first-order valence-corrected chi connectivity index (χ1v) is 12.9. The highest BCUT2D eigenvalue weighted by Crippen LogP contribution is 2.61. The molecule has 156 valence electrons. The molecule has 0 saturated carbocycles. The minimum atomic E-state index is -3.22. The second kappa shape index (κ2) is 12.0. The van der Waals surface area contributed by atoms with Crippen molar-refractivity contribution in [3.8, 4) is 12.1 Å². The zero-order chi connectivity index (χ0) is 23.1. The van der Waals surface area contributed by atoms with E-state index in [0.29, 0.717) is 38.1 Å². The summed E-state index contributed by atoms with van der Waals surface area (Å²) in [6, 6.07) is 3.76. The average Bonchev–Trinajstić information content (AvgIpc) is 2.58. The lowest BCUT2D eigenvalue weighted by Gasteiger charge is -2.04. The van der Waals surface area contributed by atoms with Crippen LogP contribution in [0.1, 0.15) is 33.6 Å². The summed E-state index contributed by atoms with van der Waals surface area (Å²) in [4.78, 5) is 17.5. The predicted molar refractivity (Wildman–Crippen MR) is 120 cm³/mol. The van der Waals surface area contributed by atoms with Crippen LogP contribution in [0.2, 0.25) is 15.2 Å². The van der Waals surface area contributed by atoms with Crippen molar-refractivity contribution >= 4 is 73.7 Å². The van der Waals surface area contributed by atoms with Gasteiger partial charge in [0.15, 0.2) is 0 Å². The summed E-state index contributed by atoms with van der Waals surface area (Å²) in [6.07, 6.45) is 0. The zero-order valence-electron chi connectivity index (χ0n) is 15.4. The van der Waals surface area contributed by atoms with Gasteiger partial charge in [0.2, 0.25) is 0 Å². The van der Waals surface area contributed by atoms with Gasteiger partial charge in [-0.3, -0.25) is 9.36 Å². The van der Waals surface area contributed by atoms with E-state index in [-0.39, 0.29) is 16.3 Å². The number of nitriles is 2. The fourth-order valence-corrected chi connectivity index (χ4v) is 2.49. The van der Waals surface area contributed by atoms with Gasteiger partial charge in [-0.15, -0.1) is 0 Å². The van der Waals surface area contributed by atoms with Crippen molar-refractivity contribution in [1.29, 1.82) is 10.5 Å². The van der Waals surface area contributed by atoms with Crippen LogP contribution >= 0.6 is 73.7 Å². The molecule has 0 aliphatic heterocycles. The van der Waals surface area contributed by atoms with Gasteiger partial charge in [-0.05, 0) is 72.5 Å². The second-order valence-corrected chi connectivity index (χ2v) is 13.1. The van der Waals surface area contributed by atoms with Gasteiger partial charge in [0.05, 0.1) is 21.3 Å². The molecule has 13 heteroatoms. The summed E-state index contributed by atoms with van der Waals surface area (Å²) in [6.45, 7) is 6.85. The first-order chi connectivity index (χ1) is 13.1. The number of halogens is 6. The van der Waals surface area contributed by atoms with Gasteiger partial charge in [0, 0.05) is 5.69 Å². The number of hydrogen-bond acceptors (Lipinski definition) is 5. The van der Waals surface area contributed by atoms with Crippen LogP contribution in [0.25, 0.3) is 0 Å². The van der Waals surface area contributed by atoms with Crippen molar-refractivity contribution in [1.82, 2.24) is 9.97 Å². The second-order valence-electron chi connectivity index (χ2n) is 5.32. The first kappa shape index (κ1) is 28.1. The summed E-state index contributed by atoms with van der Waals surface area (Å²) < 4.78 is 9.51. The molecule has 29 heavy (non-hydrogen) atoms. The smallest absolute Gasteiger partial charge is 0.324 e. The molecule has 2 rings (SSSR count). The third-order valence-corrected chi connectivity index (χ3v) is 4.68. The predicted octanol–water partition coefficient (Wildman–Crippen LogP) is 7.20. The van der Waals surface area contributed by atoms with E-state index in [2.05, 4.69) is 43.7 Å². The molecule has 0 fully saturated rings. The highest BCUT2D eigenvalue weighted by molar-refractivity contribution is 8.24. The first-order valence-electron chi connectivity index (χ1n) is 7.36. The lowest BCUT2D eigenvalue weighted by Crippen LogP contribution is -2.13. The van der Waals surface area contributed by atoms with E-state index >= 15 is 0 Å². The third-order valence-electron chi connectivity index (χ3n) is 3.28. The maximum atomic E-state index is 11.1. The Morgan fingerprint density at radius 1 is 0.897 bits per heavy atom. The number of aromatic nitrogens is 2. The Labute approximate surface area is 197 Å². The molecule has 0 atom stereocenters. The molecule has 0 unspecified atom stereocenters. The van der Waals surface area contributed by atoms with Gasteiger partial charge in [-0.25, -0.2) is 4.98 Å². The van der Waals surface area contributed by atoms with Gasteiger partial charge < -0.3 is 4.98 Å². The van der Waals surface area contributed by atoms with Crippen LogP contribution in [0.15, 0.2) is 4.79 Å². The van der Waals surface area contributed by atoms with Gasteiger partial charge in [0.25, 0.3) is 5.56 Å². The summed E-state index contributed by atoms with van der Waals surface area (Å²) >= 11 is 31.2. The van der Waals surface area contributed by atoms with Crippen molar-refractivity contribution in [2.75, 3.05) is 0 Å². The number of aromatic amines is 1. The van der Waals surface area contributed by atoms with Crippen LogP contribution in [0.3, 0.4) is 0 Å². The summed E-state index contributed by atoms with van der Waals surface area (Å²) in [5.74, 6) is 0. The summed E-state index contributed by atoms with van der Waals surface area (Å²) in [7, 11) is 0. The Bertz CT molecular complexity index is 1090. The summed E-state index contributed by atoms with van der Waals surface area (Å²) in [5.41, 5.74) is 2.54. The quantitative estimate of drug-likeness (QED) is 0.282.